The highest BCUT2D eigenvalue weighted by Crippen LogP contribution is 2.26. The van der Waals surface area contributed by atoms with Gasteiger partial charge >= 0.3 is 0 Å². The number of hydrogen-bond acceptors (Lipinski definition) is 4. The van der Waals surface area contributed by atoms with Gasteiger partial charge in [0.2, 0.25) is 0 Å². The second-order valence-electron chi connectivity index (χ2n) is 7.23. The number of hydrogen-bond donors (Lipinski definition) is 1. The van der Waals surface area contributed by atoms with Gasteiger partial charge < -0.3 is 4.74 Å². The predicted molar refractivity (Wildman–Crippen MR) is 128 cm³/mol. The molecule has 0 radical (unpaired) electrons. The minimum atomic E-state index is -0.640. The van der Waals surface area contributed by atoms with E-state index < -0.39 is 6.10 Å². The number of carbonyl (C=O) groups is 1. The third-order valence-electron chi connectivity index (χ3n) is 5.04. The van der Waals surface area contributed by atoms with Gasteiger partial charge in [-0.25, -0.2) is 4.98 Å². The molecule has 1 aromatic heterocycles. The Morgan fingerprint density at radius 1 is 0.935 bits per heavy atom. The van der Waals surface area contributed by atoms with Crippen molar-refractivity contribution in [3.63, 3.8) is 0 Å². The molecule has 5 heteroatoms. The van der Waals surface area contributed by atoms with Gasteiger partial charge in [-0.15, -0.1) is 11.3 Å². The fraction of sp³-hybridized carbons (Fsp3) is 0.154. The van der Waals surface area contributed by atoms with Gasteiger partial charge in [0.1, 0.15) is 5.75 Å². The molecule has 156 valence electrons. The molecule has 4 aromatic rings. The Balaban J connectivity index is 1.36. The van der Waals surface area contributed by atoms with Crippen molar-refractivity contribution in [3.8, 4) is 28.1 Å². The lowest BCUT2D eigenvalue weighted by Crippen LogP contribution is -2.30. The Morgan fingerprint density at radius 3 is 2.26 bits per heavy atom. The first kappa shape index (κ1) is 20.8. The Hall–Kier alpha value is -3.44. The molecule has 0 aliphatic carbocycles. The summed E-state index contributed by atoms with van der Waals surface area (Å²) in [5.41, 5.74) is 5.43. The number of benzene rings is 3. The summed E-state index contributed by atoms with van der Waals surface area (Å²) in [7, 11) is 0. The van der Waals surface area contributed by atoms with Crippen LogP contribution in [-0.2, 0) is 11.2 Å². The van der Waals surface area contributed by atoms with Crippen LogP contribution in [0.5, 0.6) is 5.75 Å². The topological polar surface area (TPSA) is 51.2 Å². The lowest BCUT2D eigenvalue weighted by molar-refractivity contribution is -0.122. The fourth-order valence-corrected chi connectivity index (χ4v) is 3.92. The van der Waals surface area contributed by atoms with E-state index in [0.717, 1.165) is 28.8 Å². The Morgan fingerprint density at radius 2 is 1.58 bits per heavy atom. The number of rotatable bonds is 7. The molecule has 1 heterocycles. The molecule has 0 saturated carbocycles. The second kappa shape index (κ2) is 9.58. The predicted octanol–water partition coefficient (Wildman–Crippen LogP) is 6.45. The molecule has 1 atom stereocenters. The normalized spacial score (nSPS) is 11.7. The highest BCUT2D eigenvalue weighted by Gasteiger charge is 2.17. The van der Waals surface area contributed by atoms with Crippen molar-refractivity contribution in [2.24, 2.45) is 0 Å². The number of ether oxygens (including phenoxy) is 1. The molecule has 1 unspecified atom stereocenters. The summed E-state index contributed by atoms with van der Waals surface area (Å²) in [5, 5.41) is 5.37. The number of thiazole rings is 1. The third-order valence-corrected chi connectivity index (χ3v) is 5.79. The number of nitrogens with zero attached hydrogens (tertiary/aromatic N) is 1. The van der Waals surface area contributed by atoms with Crippen molar-refractivity contribution in [3.05, 3.63) is 89.8 Å². The molecule has 1 amide bonds. The van der Waals surface area contributed by atoms with E-state index in [4.69, 9.17) is 4.74 Å². The number of anilines is 1. The maximum Gasteiger partial charge on any atom is 0.266 e. The summed E-state index contributed by atoms with van der Waals surface area (Å²) in [6.07, 6.45) is 0.365. The Labute approximate surface area is 186 Å². The van der Waals surface area contributed by atoms with Crippen LogP contribution >= 0.6 is 11.3 Å². The average Bonchev–Trinajstić information content (AvgIpc) is 3.28. The lowest BCUT2D eigenvalue weighted by Gasteiger charge is -2.14. The largest absolute Gasteiger partial charge is 0.481 e. The minimum Gasteiger partial charge on any atom is -0.481 e. The van der Waals surface area contributed by atoms with Crippen LogP contribution in [0.15, 0.2) is 84.2 Å². The van der Waals surface area contributed by atoms with Crippen molar-refractivity contribution in [1.82, 2.24) is 4.98 Å². The zero-order chi connectivity index (χ0) is 21.6. The quantitative estimate of drug-likeness (QED) is 0.368. The molecular formula is C26H24N2O2S. The van der Waals surface area contributed by atoms with Gasteiger partial charge in [-0.05, 0) is 42.2 Å². The van der Waals surface area contributed by atoms with Crippen LogP contribution in [0.25, 0.3) is 22.4 Å². The molecule has 3 aromatic carbocycles. The average molecular weight is 429 g/mol. The maximum atomic E-state index is 12.6. The van der Waals surface area contributed by atoms with E-state index in [-0.39, 0.29) is 5.91 Å². The first-order valence-corrected chi connectivity index (χ1v) is 11.2. The van der Waals surface area contributed by atoms with Crippen LogP contribution in [0.3, 0.4) is 0 Å². The molecule has 1 N–H and O–H groups in total. The van der Waals surface area contributed by atoms with Crippen LogP contribution < -0.4 is 10.1 Å². The van der Waals surface area contributed by atoms with E-state index in [1.807, 2.05) is 47.8 Å². The molecule has 0 bridgehead atoms. The monoisotopic (exact) mass is 428 g/mol. The molecule has 0 aliphatic heterocycles. The highest BCUT2D eigenvalue weighted by atomic mass is 32.1. The summed E-state index contributed by atoms with van der Waals surface area (Å²) in [4.78, 5) is 17.1. The van der Waals surface area contributed by atoms with Gasteiger partial charge in [-0.2, -0.15) is 0 Å². The van der Waals surface area contributed by atoms with Crippen LogP contribution in [0.2, 0.25) is 0 Å². The van der Waals surface area contributed by atoms with Crippen molar-refractivity contribution in [2.45, 2.75) is 26.4 Å². The summed E-state index contributed by atoms with van der Waals surface area (Å²) >= 11 is 1.41. The fourth-order valence-electron chi connectivity index (χ4n) is 3.20. The van der Waals surface area contributed by atoms with Gasteiger partial charge in [0.15, 0.2) is 11.2 Å². The summed E-state index contributed by atoms with van der Waals surface area (Å²) in [5.74, 6) is 0.424. The van der Waals surface area contributed by atoms with Gasteiger partial charge in [0.05, 0.1) is 5.69 Å². The molecule has 4 nitrogen and oxygen atoms in total. The van der Waals surface area contributed by atoms with Gasteiger partial charge in [-0.3, -0.25) is 10.1 Å². The Bertz CT molecular complexity index is 1140. The zero-order valence-corrected chi connectivity index (χ0v) is 18.4. The first-order valence-electron chi connectivity index (χ1n) is 10.3. The standard InChI is InChI=1S/C26H24N2O2S/c1-3-19-9-11-22(12-10-19)24-17-31-26(27-24)28-25(29)18(2)30-23-15-13-21(14-16-23)20-7-5-4-6-8-20/h4-18H,3H2,1-2H3,(H,27,28,29). The minimum absolute atomic E-state index is 0.227. The van der Waals surface area contributed by atoms with Crippen molar-refractivity contribution < 1.29 is 9.53 Å². The summed E-state index contributed by atoms with van der Waals surface area (Å²) in [6, 6.07) is 26.2. The number of aryl methyl sites for hydroxylation is 1. The van der Waals surface area contributed by atoms with Crippen LogP contribution in [0, 0.1) is 0 Å². The molecule has 0 spiro atoms. The van der Waals surface area contributed by atoms with Gasteiger partial charge in [0.25, 0.3) is 5.91 Å². The van der Waals surface area contributed by atoms with Gasteiger partial charge in [-0.1, -0.05) is 73.7 Å². The second-order valence-corrected chi connectivity index (χ2v) is 8.09. The van der Waals surface area contributed by atoms with Crippen LogP contribution in [0.4, 0.5) is 5.13 Å². The smallest absolute Gasteiger partial charge is 0.266 e. The number of aromatic nitrogens is 1. The third kappa shape index (κ3) is 5.19. The number of nitrogens with one attached hydrogen (secondary N) is 1. The van der Waals surface area contributed by atoms with E-state index in [1.54, 1.807) is 6.92 Å². The highest BCUT2D eigenvalue weighted by molar-refractivity contribution is 7.14. The number of amides is 1. The molecule has 4 rings (SSSR count). The van der Waals surface area contributed by atoms with E-state index in [1.165, 1.54) is 16.9 Å². The molecule has 31 heavy (non-hydrogen) atoms. The van der Waals surface area contributed by atoms with E-state index in [2.05, 4.69) is 53.6 Å². The van der Waals surface area contributed by atoms with Crippen molar-refractivity contribution in [2.75, 3.05) is 5.32 Å². The zero-order valence-electron chi connectivity index (χ0n) is 17.5. The van der Waals surface area contributed by atoms with Crippen molar-refractivity contribution >= 4 is 22.4 Å². The van der Waals surface area contributed by atoms with Crippen LogP contribution in [-0.4, -0.2) is 17.0 Å². The molecular weight excluding hydrogens is 404 g/mol. The Kier molecular flexibility index (Phi) is 6.43. The van der Waals surface area contributed by atoms with Gasteiger partial charge in [0, 0.05) is 10.9 Å². The maximum absolute atomic E-state index is 12.6. The lowest BCUT2D eigenvalue weighted by atomic mass is 10.1. The summed E-state index contributed by atoms with van der Waals surface area (Å²) in [6.45, 7) is 3.87. The molecule has 0 saturated heterocycles. The van der Waals surface area contributed by atoms with E-state index >= 15 is 0 Å². The SMILES string of the molecule is CCc1ccc(-c2csc(NC(=O)C(C)Oc3ccc(-c4ccccc4)cc3)n2)cc1. The van der Waals surface area contributed by atoms with E-state index in [0.29, 0.717) is 10.9 Å². The summed E-state index contributed by atoms with van der Waals surface area (Å²) < 4.78 is 5.82. The number of carbonyl (C=O) groups excluding carboxylic acids is 1. The van der Waals surface area contributed by atoms with E-state index in [9.17, 15) is 4.79 Å². The van der Waals surface area contributed by atoms with Crippen molar-refractivity contribution in [1.29, 1.82) is 0 Å². The molecule has 0 aliphatic rings. The first-order chi connectivity index (χ1) is 15.1. The van der Waals surface area contributed by atoms with Crippen LogP contribution in [0.1, 0.15) is 19.4 Å². The molecule has 0 fully saturated rings.